The Kier molecular flexibility index (Phi) is 4.34. The number of ether oxygens (including phenoxy) is 1. The zero-order valence-corrected chi connectivity index (χ0v) is 11.3. The summed E-state index contributed by atoms with van der Waals surface area (Å²) in [5.74, 6) is 0.759. The molecular weight excluding hydrogens is 240 g/mol. The highest BCUT2D eigenvalue weighted by Crippen LogP contribution is 2.30. The summed E-state index contributed by atoms with van der Waals surface area (Å²) in [6, 6.07) is 7.66. The van der Waals surface area contributed by atoms with E-state index in [1.165, 1.54) is 0 Å². The Labute approximate surface area is 113 Å². The highest BCUT2D eigenvalue weighted by Gasteiger charge is 2.14. The van der Waals surface area contributed by atoms with Crippen molar-refractivity contribution in [2.45, 2.75) is 26.8 Å². The fourth-order valence-corrected chi connectivity index (χ4v) is 2.02. The number of nitrogens with zero attached hydrogens (tertiary/aromatic N) is 2. The summed E-state index contributed by atoms with van der Waals surface area (Å²) in [6.45, 7) is 5.41. The molecule has 4 nitrogen and oxygen atoms in total. The second-order valence-corrected chi connectivity index (χ2v) is 4.24. The second kappa shape index (κ2) is 6.18. The molecule has 2 rings (SSSR count). The van der Waals surface area contributed by atoms with E-state index in [1.807, 2.05) is 35.9 Å². The molecule has 0 aliphatic heterocycles. The van der Waals surface area contributed by atoms with Gasteiger partial charge in [0.1, 0.15) is 11.4 Å². The van der Waals surface area contributed by atoms with Gasteiger partial charge in [0.2, 0.25) is 0 Å². The van der Waals surface area contributed by atoms with E-state index >= 15 is 0 Å². The first-order valence-electron chi connectivity index (χ1n) is 6.55. The number of carbonyl (C=O) groups is 1. The lowest BCUT2D eigenvalue weighted by atomic mass is 10.1. The van der Waals surface area contributed by atoms with Gasteiger partial charge in [-0.05, 0) is 25.5 Å². The number of hydrogen-bond donors (Lipinski definition) is 0. The van der Waals surface area contributed by atoms with Crippen LogP contribution in [0.1, 0.15) is 30.6 Å². The Hall–Kier alpha value is -2.10. The minimum Gasteiger partial charge on any atom is -0.493 e. The molecular formula is C15H18N2O2. The smallest absolute Gasteiger partial charge is 0.153 e. The molecule has 0 bridgehead atoms. The van der Waals surface area contributed by atoms with Gasteiger partial charge in [-0.1, -0.05) is 19.1 Å². The van der Waals surface area contributed by atoms with Gasteiger partial charge in [-0.2, -0.15) is 5.10 Å². The van der Waals surface area contributed by atoms with E-state index in [0.717, 1.165) is 30.6 Å². The van der Waals surface area contributed by atoms with Crippen molar-refractivity contribution >= 4 is 6.29 Å². The first-order chi connectivity index (χ1) is 9.30. The first-order valence-corrected chi connectivity index (χ1v) is 6.55. The van der Waals surface area contributed by atoms with Gasteiger partial charge in [-0.25, -0.2) is 0 Å². The quantitative estimate of drug-likeness (QED) is 0.747. The summed E-state index contributed by atoms with van der Waals surface area (Å²) in [5, 5.41) is 4.49. The van der Waals surface area contributed by atoms with Crippen molar-refractivity contribution in [2.75, 3.05) is 6.61 Å². The van der Waals surface area contributed by atoms with Gasteiger partial charge in [-0.3, -0.25) is 9.48 Å². The van der Waals surface area contributed by atoms with Crippen LogP contribution in [-0.2, 0) is 6.54 Å². The normalized spacial score (nSPS) is 10.4. The second-order valence-electron chi connectivity index (χ2n) is 4.24. The van der Waals surface area contributed by atoms with Gasteiger partial charge in [0.25, 0.3) is 0 Å². The van der Waals surface area contributed by atoms with Crippen molar-refractivity contribution in [3.05, 3.63) is 36.0 Å². The third-order valence-corrected chi connectivity index (χ3v) is 2.81. The topological polar surface area (TPSA) is 44.1 Å². The van der Waals surface area contributed by atoms with E-state index in [0.29, 0.717) is 17.9 Å². The van der Waals surface area contributed by atoms with Crippen LogP contribution >= 0.6 is 0 Å². The number of carbonyl (C=O) groups excluding carboxylic acids is 1. The lowest BCUT2D eigenvalue weighted by Crippen LogP contribution is -1.98. The minimum atomic E-state index is 0.586. The van der Waals surface area contributed by atoms with Crippen molar-refractivity contribution in [3.8, 4) is 17.0 Å². The molecule has 0 aliphatic rings. The molecule has 19 heavy (non-hydrogen) atoms. The molecule has 1 heterocycles. The van der Waals surface area contributed by atoms with Crippen LogP contribution in [0.25, 0.3) is 11.3 Å². The molecule has 0 N–H and O–H groups in total. The minimum absolute atomic E-state index is 0.586. The van der Waals surface area contributed by atoms with Crippen LogP contribution in [0, 0.1) is 0 Å². The fraction of sp³-hybridized carbons (Fsp3) is 0.333. The monoisotopic (exact) mass is 258 g/mol. The lowest BCUT2D eigenvalue weighted by Gasteiger charge is -2.08. The zero-order chi connectivity index (χ0) is 13.7. The summed E-state index contributed by atoms with van der Waals surface area (Å²) >= 11 is 0. The lowest BCUT2D eigenvalue weighted by molar-refractivity contribution is 0.112. The molecule has 0 amide bonds. The third kappa shape index (κ3) is 2.84. The number of para-hydroxylation sites is 1. The Bertz CT molecular complexity index is 561. The first kappa shape index (κ1) is 13.3. The van der Waals surface area contributed by atoms with Gasteiger partial charge in [0.05, 0.1) is 12.2 Å². The number of benzene rings is 1. The maximum Gasteiger partial charge on any atom is 0.153 e. The van der Waals surface area contributed by atoms with E-state index in [9.17, 15) is 4.79 Å². The Balaban J connectivity index is 2.48. The molecule has 0 atom stereocenters. The van der Waals surface area contributed by atoms with Gasteiger partial charge in [0.15, 0.2) is 6.29 Å². The molecule has 0 saturated heterocycles. The Morgan fingerprint density at radius 1 is 1.32 bits per heavy atom. The number of hydrogen-bond acceptors (Lipinski definition) is 3. The molecule has 0 radical (unpaired) electrons. The maximum absolute atomic E-state index is 11.2. The van der Waals surface area contributed by atoms with Crippen LogP contribution in [0.4, 0.5) is 0 Å². The fourth-order valence-electron chi connectivity index (χ4n) is 2.02. The average molecular weight is 258 g/mol. The van der Waals surface area contributed by atoms with Gasteiger partial charge in [-0.15, -0.1) is 0 Å². The molecule has 1 aromatic heterocycles. The largest absolute Gasteiger partial charge is 0.493 e. The average Bonchev–Trinajstić information content (AvgIpc) is 2.83. The standard InChI is InChI=1S/C15H18N2O2/c1-3-9-17-10-12(11-18)15(16-17)13-7-5-6-8-14(13)19-4-2/h5-8,10-11H,3-4,9H2,1-2H3. The molecule has 0 saturated carbocycles. The summed E-state index contributed by atoms with van der Waals surface area (Å²) in [6.07, 6.45) is 3.61. The SMILES string of the molecule is CCCn1cc(C=O)c(-c2ccccc2OCC)n1. The van der Waals surface area contributed by atoms with E-state index < -0.39 is 0 Å². The van der Waals surface area contributed by atoms with Crippen LogP contribution in [0.15, 0.2) is 30.5 Å². The van der Waals surface area contributed by atoms with Crippen LogP contribution in [0.2, 0.25) is 0 Å². The van der Waals surface area contributed by atoms with Crippen LogP contribution in [-0.4, -0.2) is 22.7 Å². The van der Waals surface area contributed by atoms with E-state index in [4.69, 9.17) is 4.74 Å². The predicted octanol–water partition coefficient (Wildman–Crippen LogP) is 3.17. The van der Waals surface area contributed by atoms with Crippen molar-refractivity contribution in [1.82, 2.24) is 9.78 Å². The van der Waals surface area contributed by atoms with Crippen LogP contribution in [0.5, 0.6) is 5.75 Å². The molecule has 100 valence electrons. The maximum atomic E-state index is 11.2. The molecule has 4 heteroatoms. The number of aldehydes is 1. The van der Waals surface area contributed by atoms with Crippen molar-refractivity contribution in [3.63, 3.8) is 0 Å². The van der Waals surface area contributed by atoms with Crippen molar-refractivity contribution in [2.24, 2.45) is 0 Å². The summed E-state index contributed by atoms with van der Waals surface area (Å²) in [5.41, 5.74) is 2.15. The summed E-state index contributed by atoms with van der Waals surface area (Å²) in [4.78, 5) is 11.2. The highest BCUT2D eigenvalue weighted by atomic mass is 16.5. The summed E-state index contributed by atoms with van der Waals surface area (Å²) in [7, 11) is 0. The molecule has 0 spiro atoms. The predicted molar refractivity (Wildman–Crippen MR) is 74.5 cm³/mol. The van der Waals surface area contributed by atoms with Crippen LogP contribution < -0.4 is 4.74 Å². The Morgan fingerprint density at radius 2 is 2.11 bits per heavy atom. The molecule has 2 aromatic rings. The summed E-state index contributed by atoms with van der Waals surface area (Å²) < 4.78 is 7.40. The van der Waals surface area contributed by atoms with E-state index in [1.54, 1.807) is 6.20 Å². The van der Waals surface area contributed by atoms with E-state index in [2.05, 4.69) is 12.0 Å². The van der Waals surface area contributed by atoms with Gasteiger partial charge in [0, 0.05) is 18.3 Å². The highest BCUT2D eigenvalue weighted by molar-refractivity contribution is 5.87. The molecule has 0 unspecified atom stereocenters. The number of aryl methyl sites for hydroxylation is 1. The van der Waals surface area contributed by atoms with Gasteiger partial charge >= 0.3 is 0 Å². The van der Waals surface area contributed by atoms with Crippen molar-refractivity contribution < 1.29 is 9.53 Å². The number of aromatic nitrogens is 2. The van der Waals surface area contributed by atoms with Crippen LogP contribution in [0.3, 0.4) is 0 Å². The molecule has 0 aliphatic carbocycles. The molecule has 1 aromatic carbocycles. The number of rotatable bonds is 6. The third-order valence-electron chi connectivity index (χ3n) is 2.81. The van der Waals surface area contributed by atoms with Gasteiger partial charge < -0.3 is 4.74 Å². The zero-order valence-electron chi connectivity index (χ0n) is 11.3. The van der Waals surface area contributed by atoms with E-state index in [-0.39, 0.29) is 0 Å². The van der Waals surface area contributed by atoms with Crippen molar-refractivity contribution in [1.29, 1.82) is 0 Å². The molecule has 0 fully saturated rings. The Morgan fingerprint density at radius 3 is 2.79 bits per heavy atom.